The van der Waals surface area contributed by atoms with Gasteiger partial charge in [0.05, 0.1) is 4.92 Å². The summed E-state index contributed by atoms with van der Waals surface area (Å²) in [5, 5.41) is 14.7. The molecule has 114 valence electrons. The van der Waals surface area contributed by atoms with Crippen molar-refractivity contribution in [3.05, 3.63) is 73.2 Å². The molecule has 1 fully saturated rings. The Hall–Kier alpha value is -1.43. The van der Waals surface area contributed by atoms with Crippen molar-refractivity contribution in [2.75, 3.05) is 0 Å². The molecule has 1 aliphatic rings. The molecular formula is C16H14BrClN2O2. The second-order valence-electron chi connectivity index (χ2n) is 5.37. The van der Waals surface area contributed by atoms with Crippen LogP contribution in [0.4, 0.5) is 5.69 Å². The predicted octanol–water partition coefficient (Wildman–Crippen LogP) is 5.18. The van der Waals surface area contributed by atoms with Crippen molar-refractivity contribution in [2.24, 2.45) is 0 Å². The molecule has 0 amide bonds. The monoisotopic (exact) mass is 380 g/mol. The van der Waals surface area contributed by atoms with Crippen LogP contribution in [-0.2, 0) is 0 Å². The smallest absolute Gasteiger partial charge is 0.288 e. The Morgan fingerprint density at radius 3 is 2.32 bits per heavy atom. The molecule has 22 heavy (non-hydrogen) atoms. The maximum atomic E-state index is 11.0. The number of rotatable bonds is 3. The molecule has 4 nitrogen and oxygen atoms in total. The van der Waals surface area contributed by atoms with Gasteiger partial charge in [0.1, 0.15) is 5.02 Å². The van der Waals surface area contributed by atoms with Gasteiger partial charge < -0.3 is 5.32 Å². The highest BCUT2D eigenvalue weighted by molar-refractivity contribution is 9.10. The van der Waals surface area contributed by atoms with Crippen molar-refractivity contribution in [3.8, 4) is 0 Å². The average Bonchev–Trinajstić information content (AvgIpc) is 2.98. The number of nitrogens with zero attached hydrogens (tertiary/aromatic N) is 1. The molecule has 2 unspecified atom stereocenters. The summed E-state index contributed by atoms with van der Waals surface area (Å²) in [7, 11) is 0. The van der Waals surface area contributed by atoms with Gasteiger partial charge >= 0.3 is 0 Å². The lowest BCUT2D eigenvalue weighted by atomic mass is 10.0. The Morgan fingerprint density at radius 1 is 1.09 bits per heavy atom. The van der Waals surface area contributed by atoms with Crippen LogP contribution >= 0.6 is 27.5 Å². The summed E-state index contributed by atoms with van der Waals surface area (Å²) in [5.41, 5.74) is 2.11. The van der Waals surface area contributed by atoms with Crippen molar-refractivity contribution >= 4 is 33.2 Å². The third-order valence-corrected chi connectivity index (χ3v) is 4.84. The molecule has 0 radical (unpaired) electrons. The van der Waals surface area contributed by atoms with Crippen LogP contribution in [-0.4, -0.2) is 4.92 Å². The Morgan fingerprint density at radius 2 is 1.68 bits per heavy atom. The molecule has 1 aliphatic heterocycles. The fraction of sp³-hybridized carbons (Fsp3) is 0.250. The van der Waals surface area contributed by atoms with Crippen LogP contribution in [0.1, 0.15) is 36.1 Å². The van der Waals surface area contributed by atoms with Crippen LogP contribution in [0.2, 0.25) is 5.02 Å². The standard InChI is InChI=1S/C16H14BrClN2O2/c17-12-4-1-10(2-5-12)14-7-8-15(19-14)11-3-6-13(18)16(9-11)20(21)22/h1-6,9,14-15,19H,7-8H2. The van der Waals surface area contributed by atoms with Gasteiger partial charge in [0.15, 0.2) is 0 Å². The van der Waals surface area contributed by atoms with Crippen LogP contribution in [0, 0.1) is 10.1 Å². The lowest BCUT2D eigenvalue weighted by Crippen LogP contribution is -2.17. The van der Waals surface area contributed by atoms with Crippen molar-refractivity contribution in [1.29, 1.82) is 0 Å². The molecule has 3 rings (SSSR count). The van der Waals surface area contributed by atoms with Crippen molar-refractivity contribution in [2.45, 2.75) is 24.9 Å². The number of nitrogens with one attached hydrogen (secondary N) is 1. The highest BCUT2D eigenvalue weighted by Gasteiger charge is 2.27. The Bertz CT molecular complexity index is 706. The molecule has 1 N–H and O–H groups in total. The SMILES string of the molecule is O=[N+]([O-])c1cc(C2CCC(c3ccc(Br)cc3)N2)ccc1Cl. The topological polar surface area (TPSA) is 55.2 Å². The molecule has 2 atom stereocenters. The zero-order valence-corrected chi connectivity index (χ0v) is 14.0. The lowest BCUT2D eigenvalue weighted by Gasteiger charge is -2.15. The van der Waals surface area contributed by atoms with Gasteiger partial charge in [-0.3, -0.25) is 10.1 Å². The predicted molar refractivity (Wildman–Crippen MR) is 90.1 cm³/mol. The summed E-state index contributed by atoms with van der Waals surface area (Å²) in [6, 6.07) is 13.7. The number of hydrogen-bond donors (Lipinski definition) is 1. The molecule has 0 spiro atoms. The summed E-state index contributed by atoms with van der Waals surface area (Å²) in [6.45, 7) is 0. The second kappa shape index (κ2) is 6.36. The third kappa shape index (κ3) is 3.16. The van der Waals surface area contributed by atoms with Gasteiger partial charge in [-0.25, -0.2) is 0 Å². The highest BCUT2D eigenvalue weighted by Crippen LogP contribution is 2.37. The zero-order valence-electron chi connectivity index (χ0n) is 11.6. The van der Waals surface area contributed by atoms with Crippen LogP contribution in [0.15, 0.2) is 46.9 Å². The van der Waals surface area contributed by atoms with E-state index in [-0.39, 0.29) is 22.8 Å². The maximum Gasteiger partial charge on any atom is 0.288 e. The van der Waals surface area contributed by atoms with E-state index < -0.39 is 4.92 Å². The average molecular weight is 382 g/mol. The number of benzene rings is 2. The van der Waals surface area contributed by atoms with Crippen LogP contribution in [0.3, 0.4) is 0 Å². The third-order valence-electron chi connectivity index (χ3n) is 3.99. The zero-order chi connectivity index (χ0) is 15.7. The van der Waals surface area contributed by atoms with E-state index in [4.69, 9.17) is 11.6 Å². The number of halogens is 2. The van der Waals surface area contributed by atoms with E-state index in [0.29, 0.717) is 0 Å². The van der Waals surface area contributed by atoms with Crippen molar-refractivity contribution < 1.29 is 4.92 Å². The van der Waals surface area contributed by atoms with Crippen LogP contribution < -0.4 is 5.32 Å². The minimum Gasteiger partial charge on any atom is -0.303 e. The Balaban J connectivity index is 1.79. The van der Waals surface area contributed by atoms with Crippen LogP contribution in [0.25, 0.3) is 0 Å². The molecule has 6 heteroatoms. The van der Waals surface area contributed by atoms with Gasteiger partial charge in [-0.2, -0.15) is 0 Å². The first-order chi connectivity index (χ1) is 10.5. The first-order valence-corrected chi connectivity index (χ1v) is 8.17. The van der Waals surface area contributed by atoms with E-state index in [1.54, 1.807) is 12.1 Å². The van der Waals surface area contributed by atoms with E-state index in [0.717, 1.165) is 22.9 Å². The molecule has 0 bridgehead atoms. The Kier molecular flexibility index (Phi) is 4.47. The summed E-state index contributed by atoms with van der Waals surface area (Å²) in [5.74, 6) is 0. The fourth-order valence-electron chi connectivity index (χ4n) is 2.85. The number of nitro groups is 1. The maximum absolute atomic E-state index is 11.0. The highest BCUT2D eigenvalue weighted by atomic mass is 79.9. The molecule has 2 aromatic rings. The van der Waals surface area contributed by atoms with Crippen molar-refractivity contribution in [1.82, 2.24) is 5.32 Å². The summed E-state index contributed by atoms with van der Waals surface area (Å²) < 4.78 is 1.05. The van der Waals surface area contributed by atoms with Gasteiger partial charge in [-0.05, 0) is 42.2 Å². The van der Waals surface area contributed by atoms with E-state index in [9.17, 15) is 10.1 Å². The van der Waals surface area contributed by atoms with Crippen LogP contribution in [0.5, 0.6) is 0 Å². The molecule has 2 aromatic carbocycles. The van der Waals surface area contributed by atoms with E-state index in [1.165, 1.54) is 5.56 Å². The quantitative estimate of drug-likeness (QED) is 0.589. The number of nitro benzene ring substituents is 1. The largest absolute Gasteiger partial charge is 0.303 e. The molecule has 0 aromatic heterocycles. The van der Waals surface area contributed by atoms with Gasteiger partial charge in [-0.1, -0.05) is 45.7 Å². The summed E-state index contributed by atoms with van der Waals surface area (Å²) >= 11 is 9.30. The molecule has 1 heterocycles. The molecule has 0 saturated carbocycles. The first-order valence-electron chi connectivity index (χ1n) is 7.00. The van der Waals surface area contributed by atoms with Gasteiger partial charge in [0.2, 0.25) is 0 Å². The van der Waals surface area contributed by atoms with Gasteiger partial charge in [0.25, 0.3) is 5.69 Å². The lowest BCUT2D eigenvalue weighted by molar-refractivity contribution is -0.384. The number of hydrogen-bond acceptors (Lipinski definition) is 3. The summed E-state index contributed by atoms with van der Waals surface area (Å²) in [6.07, 6.45) is 1.95. The molecule has 1 saturated heterocycles. The first kappa shape index (κ1) is 15.5. The second-order valence-corrected chi connectivity index (χ2v) is 6.69. The van der Waals surface area contributed by atoms with Gasteiger partial charge in [0, 0.05) is 22.6 Å². The summed E-state index contributed by atoms with van der Waals surface area (Å²) in [4.78, 5) is 10.6. The van der Waals surface area contributed by atoms with Gasteiger partial charge in [-0.15, -0.1) is 0 Å². The minimum absolute atomic E-state index is 0.0342. The fourth-order valence-corrected chi connectivity index (χ4v) is 3.30. The normalized spacial score (nSPS) is 21.0. The minimum atomic E-state index is -0.438. The van der Waals surface area contributed by atoms with E-state index >= 15 is 0 Å². The van der Waals surface area contributed by atoms with E-state index in [2.05, 4.69) is 33.4 Å². The molecular weight excluding hydrogens is 368 g/mol. The molecule has 0 aliphatic carbocycles. The Labute approximate surface area is 141 Å². The van der Waals surface area contributed by atoms with Crippen molar-refractivity contribution in [3.63, 3.8) is 0 Å². The van der Waals surface area contributed by atoms with E-state index in [1.807, 2.05) is 18.2 Å².